The lowest BCUT2D eigenvalue weighted by Crippen LogP contribution is -2.14. The molecule has 0 atom stereocenters. The molecular weight excluding hydrogens is 252 g/mol. The van der Waals surface area contributed by atoms with Crippen molar-refractivity contribution in [1.82, 2.24) is 0 Å². The number of phenolic OH excluding ortho intramolecular Hbond substituents is 1. The lowest BCUT2D eigenvalue weighted by Gasteiger charge is -2.06. The number of carbonyl (C=O) groups is 1. The molecule has 0 bridgehead atoms. The van der Waals surface area contributed by atoms with Crippen LogP contribution in [0.3, 0.4) is 0 Å². The molecule has 19 heavy (non-hydrogen) atoms. The molecule has 0 radical (unpaired) electrons. The van der Waals surface area contributed by atoms with Crippen LogP contribution in [0.25, 0.3) is 0 Å². The molecule has 0 heterocycles. The quantitative estimate of drug-likeness (QED) is 0.894. The van der Waals surface area contributed by atoms with Crippen LogP contribution in [-0.2, 0) is 11.2 Å². The molecule has 98 valence electrons. The van der Waals surface area contributed by atoms with Crippen molar-refractivity contribution in [1.29, 1.82) is 0 Å². The number of aromatic hydroxyl groups is 1. The predicted octanol–water partition coefficient (Wildman–Crippen LogP) is 2.85. The molecule has 3 nitrogen and oxygen atoms in total. The highest BCUT2D eigenvalue weighted by atomic mass is 19.1. The van der Waals surface area contributed by atoms with E-state index < -0.39 is 17.5 Å². The summed E-state index contributed by atoms with van der Waals surface area (Å²) >= 11 is 0. The van der Waals surface area contributed by atoms with Gasteiger partial charge in [0.1, 0.15) is 17.4 Å². The average Bonchev–Trinajstić information content (AvgIpc) is 2.26. The summed E-state index contributed by atoms with van der Waals surface area (Å²) in [5, 5.41) is 11.6. The van der Waals surface area contributed by atoms with E-state index >= 15 is 0 Å². The molecule has 0 aliphatic carbocycles. The van der Waals surface area contributed by atoms with E-state index in [9.17, 15) is 18.7 Å². The van der Waals surface area contributed by atoms with Crippen LogP contribution in [0.4, 0.5) is 14.5 Å². The fourth-order valence-electron chi connectivity index (χ4n) is 1.68. The smallest absolute Gasteiger partial charge is 0.228 e. The van der Waals surface area contributed by atoms with Gasteiger partial charge in [-0.2, -0.15) is 0 Å². The van der Waals surface area contributed by atoms with E-state index in [4.69, 9.17) is 0 Å². The van der Waals surface area contributed by atoms with E-state index in [1.54, 1.807) is 12.1 Å². The van der Waals surface area contributed by atoms with Gasteiger partial charge in [0.05, 0.1) is 6.42 Å². The van der Waals surface area contributed by atoms with E-state index in [0.717, 1.165) is 18.2 Å². The first-order valence-electron chi connectivity index (χ1n) is 5.57. The average molecular weight is 263 g/mol. The van der Waals surface area contributed by atoms with Crippen molar-refractivity contribution in [2.45, 2.75) is 6.42 Å². The van der Waals surface area contributed by atoms with Crippen LogP contribution < -0.4 is 5.32 Å². The minimum absolute atomic E-state index is 0.00648. The van der Waals surface area contributed by atoms with Crippen molar-refractivity contribution < 1.29 is 18.7 Å². The summed E-state index contributed by atoms with van der Waals surface area (Å²) in [6.45, 7) is 0. The zero-order valence-corrected chi connectivity index (χ0v) is 9.86. The summed E-state index contributed by atoms with van der Waals surface area (Å²) in [5.41, 5.74) is 0.664. The summed E-state index contributed by atoms with van der Waals surface area (Å²) in [6.07, 6.45) is 0.00648. The minimum atomic E-state index is -0.757. The number of rotatable bonds is 3. The number of amides is 1. The molecule has 2 N–H and O–H groups in total. The predicted molar refractivity (Wildman–Crippen MR) is 66.8 cm³/mol. The van der Waals surface area contributed by atoms with Gasteiger partial charge < -0.3 is 10.4 Å². The molecular formula is C14H11F2NO2. The molecule has 2 rings (SSSR count). The summed E-state index contributed by atoms with van der Waals surface area (Å²) in [7, 11) is 0. The van der Waals surface area contributed by atoms with Gasteiger partial charge in [0.25, 0.3) is 0 Å². The standard InChI is InChI=1S/C14H11F2NO2/c15-10-6-11(16)8-12(7-10)17-14(19)5-9-2-1-3-13(18)4-9/h1-4,6-8,18H,5H2,(H,17,19). The third-order valence-corrected chi connectivity index (χ3v) is 2.42. The monoisotopic (exact) mass is 263 g/mol. The van der Waals surface area contributed by atoms with Crippen LogP contribution in [0.2, 0.25) is 0 Å². The zero-order chi connectivity index (χ0) is 13.8. The SMILES string of the molecule is O=C(Cc1cccc(O)c1)Nc1cc(F)cc(F)c1. The Labute approximate surface area is 108 Å². The van der Waals surface area contributed by atoms with Gasteiger partial charge in [0.2, 0.25) is 5.91 Å². The largest absolute Gasteiger partial charge is 0.508 e. The van der Waals surface area contributed by atoms with E-state index in [-0.39, 0.29) is 17.9 Å². The number of carbonyl (C=O) groups excluding carboxylic acids is 1. The van der Waals surface area contributed by atoms with Crippen LogP contribution in [0, 0.1) is 11.6 Å². The Bertz CT molecular complexity index is 594. The molecule has 0 aliphatic rings. The Morgan fingerprint density at radius 3 is 2.42 bits per heavy atom. The molecule has 2 aromatic carbocycles. The van der Waals surface area contributed by atoms with E-state index in [2.05, 4.69) is 5.32 Å². The van der Waals surface area contributed by atoms with Gasteiger partial charge in [0, 0.05) is 11.8 Å². The summed E-state index contributed by atoms with van der Waals surface area (Å²) in [5.74, 6) is -1.88. The van der Waals surface area contributed by atoms with E-state index in [1.807, 2.05) is 0 Å². The van der Waals surface area contributed by atoms with Gasteiger partial charge in [-0.1, -0.05) is 12.1 Å². The number of benzene rings is 2. The lowest BCUT2D eigenvalue weighted by atomic mass is 10.1. The van der Waals surface area contributed by atoms with Crippen molar-refractivity contribution in [3.05, 3.63) is 59.7 Å². The van der Waals surface area contributed by atoms with Crippen LogP contribution in [-0.4, -0.2) is 11.0 Å². The Morgan fingerprint density at radius 2 is 1.79 bits per heavy atom. The van der Waals surface area contributed by atoms with Gasteiger partial charge in [-0.25, -0.2) is 8.78 Å². The Balaban J connectivity index is 2.05. The highest BCUT2D eigenvalue weighted by molar-refractivity contribution is 5.92. The van der Waals surface area contributed by atoms with Gasteiger partial charge >= 0.3 is 0 Å². The van der Waals surface area contributed by atoms with Crippen LogP contribution in [0.15, 0.2) is 42.5 Å². The molecule has 1 amide bonds. The number of phenols is 1. The normalized spacial score (nSPS) is 10.2. The first kappa shape index (κ1) is 13.0. The minimum Gasteiger partial charge on any atom is -0.508 e. The third-order valence-electron chi connectivity index (χ3n) is 2.42. The summed E-state index contributed by atoms with van der Waals surface area (Å²) in [6, 6.07) is 9.01. The van der Waals surface area contributed by atoms with Gasteiger partial charge in [-0.3, -0.25) is 4.79 Å². The van der Waals surface area contributed by atoms with Gasteiger partial charge in [-0.05, 0) is 29.8 Å². The van der Waals surface area contributed by atoms with Crippen molar-refractivity contribution in [3.63, 3.8) is 0 Å². The van der Waals surface area contributed by atoms with Gasteiger partial charge in [-0.15, -0.1) is 0 Å². The van der Waals surface area contributed by atoms with Crippen LogP contribution in [0.1, 0.15) is 5.56 Å². The highest BCUT2D eigenvalue weighted by Gasteiger charge is 2.07. The Hall–Kier alpha value is -2.43. The fourth-order valence-corrected chi connectivity index (χ4v) is 1.68. The summed E-state index contributed by atoms with van der Waals surface area (Å²) in [4.78, 5) is 11.7. The molecule has 0 spiro atoms. The third kappa shape index (κ3) is 3.77. The van der Waals surface area contributed by atoms with Crippen molar-refractivity contribution in [2.24, 2.45) is 0 Å². The van der Waals surface area contributed by atoms with Crippen molar-refractivity contribution >= 4 is 11.6 Å². The molecule has 0 saturated carbocycles. The first-order chi connectivity index (χ1) is 9.02. The molecule has 0 aliphatic heterocycles. The lowest BCUT2D eigenvalue weighted by molar-refractivity contribution is -0.115. The van der Waals surface area contributed by atoms with Crippen molar-refractivity contribution in [3.8, 4) is 5.75 Å². The van der Waals surface area contributed by atoms with Crippen LogP contribution >= 0.6 is 0 Å². The second kappa shape index (κ2) is 5.48. The highest BCUT2D eigenvalue weighted by Crippen LogP contribution is 2.15. The van der Waals surface area contributed by atoms with Gasteiger partial charge in [0.15, 0.2) is 0 Å². The number of halogens is 2. The molecule has 0 fully saturated rings. The maximum atomic E-state index is 12.9. The fraction of sp³-hybridized carbons (Fsp3) is 0.0714. The maximum absolute atomic E-state index is 12.9. The number of hydrogen-bond donors (Lipinski definition) is 2. The molecule has 5 heteroatoms. The molecule has 0 unspecified atom stereocenters. The summed E-state index contributed by atoms with van der Waals surface area (Å²) < 4.78 is 25.9. The molecule has 2 aromatic rings. The van der Waals surface area contributed by atoms with E-state index in [0.29, 0.717) is 5.56 Å². The zero-order valence-electron chi connectivity index (χ0n) is 9.86. The topological polar surface area (TPSA) is 49.3 Å². The molecule has 0 aromatic heterocycles. The maximum Gasteiger partial charge on any atom is 0.228 e. The second-order valence-electron chi connectivity index (χ2n) is 4.05. The van der Waals surface area contributed by atoms with E-state index in [1.165, 1.54) is 12.1 Å². The van der Waals surface area contributed by atoms with Crippen LogP contribution in [0.5, 0.6) is 5.75 Å². The second-order valence-corrected chi connectivity index (χ2v) is 4.05. The molecule has 0 saturated heterocycles. The Kier molecular flexibility index (Phi) is 3.75. The Morgan fingerprint density at radius 1 is 1.11 bits per heavy atom. The first-order valence-corrected chi connectivity index (χ1v) is 5.57. The number of nitrogens with one attached hydrogen (secondary N) is 1. The number of anilines is 1. The number of hydrogen-bond acceptors (Lipinski definition) is 2. The van der Waals surface area contributed by atoms with Crippen molar-refractivity contribution in [2.75, 3.05) is 5.32 Å².